The van der Waals surface area contributed by atoms with Crippen LogP contribution in [-0.4, -0.2) is 53.3 Å². The summed E-state index contributed by atoms with van der Waals surface area (Å²) in [5.41, 5.74) is 0.891. The predicted molar refractivity (Wildman–Crippen MR) is 118 cm³/mol. The number of hydrogen-bond acceptors (Lipinski definition) is 4. The van der Waals surface area contributed by atoms with Gasteiger partial charge in [0.1, 0.15) is 5.54 Å². The summed E-state index contributed by atoms with van der Waals surface area (Å²) in [7, 11) is 1.60. The number of likely N-dealkylation sites (N-methyl/N-ethyl adjacent to an activating group) is 1. The summed E-state index contributed by atoms with van der Waals surface area (Å²) in [6.45, 7) is 0.889. The molecule has 2 heterocycles. The van der Waals surface area contributed by atoms with Gasteiger partial charge in [-0.1, -0.05) is 31.0 Å². The molecule has 31 heavy (non-hydrogen) atoms. The van der Waals surface area contributed by atoms with Crippen molar-refractivity contribution in [1.29, 1.82) is 0 Å². The Morgan fingerprint density at radius 3 is 2.52 bits per heavy atom. The number of piperidine rings is 1. The van der Waals surface area contributed by atoms with Crippen LogP contribution in [-0.2, 0) is 20.8 Å². The summed E-state index contributed by atoms with van der Waals surface area (Å²) in [5.74, 6) is -0.166. The fourth-order valence-electron chi connectivity index (χ4n) is 4.90. The van der Waals surface area contributed by atoms with E-state index in [0.29, 0.717) is 32.4 Å². The van der Waals surface area contributed by atoms with Crippen LogP contribution in [0.2, 0.25) is 0 Å². The minimum absolute atomic E-state index is 0.00108. The molecule has 1 saturated heterocycles. The summed E-state index contributed by atoms with van der Waals surface area (Å²) in [5, 5.41) is 6.76. The van der Waals surface area contributed by atoms with Gasteiger partial charge in [-0.3, -0.25) is 19.4 Å². The fourth-order valence-corrected chi connectivity index (χ4v) is 4.90. The summed E-state index contributed by atoms with van der Waals surface area (Å²) < 4.78 is 0. The first-order chi connectivity index (χ1) is 15.0. The van der Waals surface area contributed by atoms with Crippen LogP contribution in [0.1, 0.15) is 44.1 Å². The highest BCUT2D eigenvalue weighted by molar-refractivity contribution is 5.93. The van der Waals surface area contributed by atoms with Crippen molar-refractivity contribution in [3.63, 3.8) is 0 Å². The van der Waals surface area contributed by atoms with Gasteiger partial charge in [0, 0.05) is 37.6 Å². The zero-order valence-electron chi connectivity index (χ0n) is 18.0. The standard InChI is InChI=1S/C24H30N4O3/c1-25-23(31)24(27-22(30)17-6-2-3-7-17)11-14-28(15-12-24)21(29)16-18-10-13-26-20-9-5-4-8-19(18)20/h4-5,8-10,13,17H,2-3,6-7,11-12,14-16H2,1H3,(H,25,31)(H,27,30). The number of carbonyl (C=O) groups excluding carboxylic acids is 3. The Balaban J connectivity index is 1.43. The van der Waals surface area contributed by atoms with Crippen LogP contribution in [0.4, 0.5) is 0 Å². The zero-order valence-corrected chi connectivity index (χ0v) is 18.0. The molecule has 1 saturated carbocycles. The molecule has 0 bridgehead atoms. The van der Waals surface area contributed by atoms with Crippen LogP contribution in [0, 0.1) is 5.92 Å². The Kier molecular flexibility index (Phi) is 6.20. The Hall–Kier alpha value is -2.96. The lowest BCUT2D eigenvalue weighted by molar-refractivity contribution is -0.140. The molecular weight excluding hydrogens is 392 g/mol. The average Bonchev–Trinajstić information content (AvgIpc) is 3.34. The van der Waals surface area contributed by atoms with Gasteiger partial charge in [-0.25, -0.2) is 0 Å². The van der Waals surface area contributed by atoms with Gasteiger partial charge < -0.3 is 15.5 Å². The predicted octanol–water partition coefficient (Wildman–Crippen LogP) is 2.19. The highest BCUT2D eigenvalue weighted by Crippen LogP contribution is 2.29. The molecule has 7 heteroatoms. The zero-order chi connectivity index (χ0) is 21.8. The topological polar surface area (TPSA) is 91.4 Å². The molecule has 1 aliphatic carbocycles. The third kappa shape index (κ3) is 4.40. The van der Waals surface area contributed by atoms with E-state index in [2.05, 4.69) is 15.6 Å². The number of nitrogens with zero attached hydrogens (tertiary/aromatic N) is 2. The first-order valence-corrected chi connectivity index (χ1v) is 11.2. The number of rotatable bonds is 5. The van der Waals surface area contributed by atoms with Gasteiger partial charge in [-0.15, -0.1) is 0 Å². The van der Waals surface area contributed by atoms with Crippen molar-refractivity contribution in [1.82, 2.24) is 20.5 Å². The van der Waals surface area contributed by atoms with E-state index >= 15 is 0 Å². The third-order valence-electron chi connectivity index (χ3n) is 6.80. The van der Waals surface area contributed by atoms with E-state index in [1.165, 1.54) is 0 Å². The second-order valence-corrected chi connectivity index (χ2v) is 8.68. The van der Waals surface area contributed by atoms with Crippen molar-refractivity contribution in [3.8, 4) is 0 Å². The van der Waals surface area contributed by atoms with E-state index < -0.39 is 5.54 Å². The molecule has 7 nitrogen and oxygen atoms in total. The molecular formula is C24H30N4O3. The lowest BCUT2D eigenvalue weighted by atomic mass is 9.85. The number of para-hydroxylation sites is 1. The van der Waals surface area contributed by atoms with Crippen molar-refractivity contribution in [2.45, 2.75) is 50.5 Å². The molecule has 0 radical (unpaired) electrons. The van der Waals surface area contributed by atoms with Gasteiger partial charge in [-0.2, -0.15) is 0 Å². The molecule has 2 N–H and O–H groups in total. The number of carbonyl (C=O) groups is 3. The number of benzene rings is 1. The molecule has 164 valence electrons. The van der Waals surface area contributed by atoms with Crippen molar-refractivity contribution in [2.75, 3.05) is 20.1 Å². The number of hydrogen-bond donors (Lipinski definition) is 2. The second-order valence-electron chi connectivity index (χ2n) is 8.68. The molecule has 1 aromatic heterocycles. The quantitative estimate of drug-likeness (QED) is 0.773. The first kappa shape index (κ1) is 21.3. The van der Waals surface area contributed by atoms with Crippen molar-refractivity contribution in [2.24, 2.45) is 5.92 Å². The molecule has 0 unspecified atom stereocenters. The van der Waals surface area contributed by atoms with E-state index in [9.17, 15) is 14.4 Å². The number of nitrogens with one attached hydrogen (secondary N) is 2. The normalized spacial score (nSPS) is 18.7. The Bertz CT molecular complexity index is 970. The van der Waals surface area contributed by atoms with Gasteiger partial charge in [-0.05, 0) is 43.4 Å². The van der Waals surface area contributed by atoms with Crippen LogP contribution < -0.4 is 10.6 Å². The van der Waals surface area contributed by atoms with Gasteiger partial charge in [0.25, 0.3) is 0 Å². The van der Waals surface area contributed by atoms with Gasteiger partial charge >= 0.3 is 0 Å². The first-order valence-electron chi connectivity index (χ1n) is 11.2. The lowest BCUT2D eigenvalue weighted by Crippen LogP contribution is -2.64. The molecule has 0 spiro atoms. The van der Waals surface area contributed by atoms with Crippen LogP contribution in [0.3, 0.4) is 0 Å². The summed E-state index contributed by atoms with van der Waals surface area (Å²) >= 11 is 0. The smallest absolute Gasteiger partial charge is 0.245 e. The van der Waals surface area contributed by atoms with Crippen molar-refractivity contribution < 1.29 is 14.4 Å². The number of likely N-dealkylation sites (tertiary alicyclic amines) is 1. The van der Waals surface area contributed by atoms with Crippen LogP contribution in [0.25, 0.3) is 10.9 Å². The van der Waals surface area contributed by atoms with Crippen LogP contribution >= 0.6 is 0 Å². The Morgan fingerprint density at radius 2 is 1.81 bits per heavy atom. The highest BCUT2D eigenvalue weighted by atomic mass is 16.2. The van der Waals surface area contributed by atoms with Gasteiger partial charge in [0.15, 0.2) is 0 Å². The highest BCUT2D eigenvalue weighted by Gasteiger charge is 2.44. The summed E-state index contributed by atoms with van der Waals surface area (Å²) in [4.78, 5) is 44.6. The Labute approximate surface area is 182 Å². The van der Waals surface area contributed by atoms with Crippen LogP contribution in [0.15, 0.2) is 36.5 Å². The average molecular weight is 423 g/mol. The number of pyridine rings is 1. The van der Waals surface area contributed by atoms with Crippen LogP contribution in [0.5, 0.6) is 0 Å². The van der Waals surface area contributed by atoms with Crippen molar-refractivity contribution in [3.05, 3.63) is 42.1 Å². The number of amides is 3. The maximum Gasteiger partial charge on any atom is 0.245 e. The Morgan fingerprint density at radius 1 is 1.10 bits per heavy atom. The molecule has 2 aliphatic rings. The second kappa shape index (κ2) is 9.04. The SMILES string of the molecule is CNC(=O)C1(NC(=O)C2CCCC2)CCN(C(=O)Cc2ccnc3ccccc23)CC1. The largest absolute Gasteiger partial charge is 0.357 e. The van der Waals surface area contributed by atoms with Crippen molar-refractivity contribution >= 4 is 28.6 Å². The molecule has 2 aromatic rings. The summed E-state index contributed by atoms with van der Waals surface area (Å²) in [6.07, 6.45) is 6.79. The monoisotopic (exact) mass is 422 g/mol. The van der Waals surface area contributed by atoms with E-state index in [-0.39, 0.29) is 23.6 Å². The molecule has 0 atom stereocenters. The maximum atomic E-state index is 13.0. The number of aromatic nitrogens is 1. The number of fused-ring (bicyclic) bond motifs is 1. The van der Waals surface area contributed by atoms with Gasteiger partial charge in [0.2, 0.25) is 17.7 Å². The third-order valence-corrected chi connectivity index (χ3v) is 6.80. The van der Waals surface area contributed by atoms with E-state index in [4.69, 9.17) is 0 Å². The lowest BCUT2D eigenvalue weighted by Gasteiger charge is -2.41. The molecule has 4 rings (SSSR count). The minimum atomic E-state index is -0.936. The minimum Gasteiger partial charge on any atom is -0.357 e. The fraction of sp³-hybridized carbons (Fsp3) is 0.500. The van der Waals surface area contributed by atoms with E-state index in [0.717, 1.165) is 42.1 Å². The molecule has 2 fully saturated rings. The van der Waals surface area contributed by atoms with Gasteiger partial charge in [0.05, 0.1) is 11.9 Å². The molecule has 3 amide bonds. The van der Waals surface area contributed by atoms with E-state index in [1.807, 2.05) is 30.3 Å². The maximum absolute atomic E-state index is 13.0. The molecule has 1 aromatic carbocycles. The summed E-state index contributed by atoms with van der Waals surface area (Å²) in [6, 6.07) is 9.69. The van der Waals surface area contributed by atoms with E-state index in [1.54, 1.807) is 18.1 Å². The molecule has 1 aliphatic heterocycles.